The van der Waals surface area contributed by atoms with E-state index in [0.717, 1.165) is 30.7 Å². The SMILES string of the molecule is COc1ccc(C2=NCC(C)CC2)cc1F. The number of hydrogen-bond acceptors (Lipinski definition) is 2. The maximum atomic E-state index is 13.5. The normalized spacial score (nSPS) is 20.4. The summed E-state index contributed by atoms with van der Waals surface area (Å²) in [4.78, 5) is 4.49. The van der Waals surface area contributed by atoms with E-state index in [9.17, 15) is 4.39 Å². The number of benzene rings is 1. The first-order valence-electron chi connectivity index (χ1n) is 5.58. The molecule has 0 aromatic heterocycles. The van der Waals surface area contributed by atoms with E-state index < -0.39 is 0 Å². The van der Waals surface area contributed by atoms with E-state index >= 15 is 0 Å². The van der Waals surface area contributed by atoms with E-state index in [1.165, 1.54) is 13.2 Å². The monoisotopic (exact) mass is 221 g/mol. The maximum absolute atomic E-state index is 13.5. The molecule has 0 N–H and O–H groups in total. The summed E-state index contributed by atoms with van der Waals surface area (Å²) >= 11 is 0. The van der Waals surface area contributed by atoms with Crippen molar-refractivity contribution in [3.05, 3.63) is 29.6 Å². The summed E-state index contributed by atoms with van der Waals surface area (Å²) in [7, 11) is 1.47. The highest BCUT2D eigenvalue weighted by Crippen LogP contribution is 2.22. The van der Waals surface area contributed by atoms with Crippen LogP contribution in [-0.2, 0) is 0 Å². The summed E-state index contributed by atoms with van der Waals surface area (Å²) in [5, 5.41) is 0. The van der Waals surface area contributed by atoms with Gasteiger partial charge in [-0.15, -0.1) is 0 Å². The van der Waals surface area contributed by atoms with Crippen molar-refractivity contribution in [2.24, 2.45) is 10.9 Å². The lowest BCUT2D eigenvalue weighted by molar-refractivity contribution is 0.386. The Morgan fingerprint density at radius 2 is 2.25 bits per heavy atom. The van der Waals surface area contributed by atoms with Crippen LogP contribution in [0.3, 0.4) is 0 Å². The zero-order valence-electron chi connectivity index (χ0n) is 9.66. The van der Waals surface area contributed by atoms with E-state index in [1.54, 1.807) is 6.07 Å². The highest BCUT2D eigenvalue weighted by Gasteiger charge is 2.14. The number of hydrogen-bond donors (Lipinski definition) is 0. The average Bonchev–Trinajstić information content (AvgIpc) is 2.30. The van der Waals surface area contributed by atoms with Gasteiger partial charge in [0.1, 0.15) is 0 Å². The average molecular weight is 221 g/mol. The minimum absolute atomic E-state index is 0.286. The van der Waals surface area contributed by atoms with Gasteiger partial charge in [0.15, 0.2) is 11.6 Å². The van der Waals surface area contributed by atoms with E-state index in [0.29, 0.717) is 5.92 Å². The van der Waals surface area contributed by atoms with Gasteiger partial charge in [0, 0.05) is 12.3 Å². The van der Waals surface area contributed by atoms with Gasteiger partial charge >= 0.3 is 0 Å². The molecule has 0 amide bonds. The molecule has 86 valence electrons. The largest absolute Gasteiger partial charge is 0.494 e. The van der Waals surface area contributed by atoms with E-state index in [1.807, 2.05) is 6.07 Å². The van der Waals surface area contributed by atoms with Crippen molar-refractivity contribution in [3.8, 4) is 5.75 Å². The highest BCUT2D eigenvalue weighted by molar-refractivity contribution is 6.01. The molecule has 2 rings (SSSR count). The molecular formula is C13H16FNO. The zero-order chi connectivity index (χ0) is 11.5. The Labute approximate surface area is 95.2 Å². The van der Waals surface area contributed by atoms with Crippen LogP contribution in [0.15, 0.2) is 23.2 Å². The van der Waals surface area contributed by atoms with Crippen LogP contribution in [0.25, 0.3) is 0 Å². The summed E-state index contributed by atoms with van der Waals surface area (Å²) in [5.74, 6) is 0.613. The van der Waals surface area contributed by atoms with Crippen molar-refractivity contribution in [1.29, 1.82) is 0 Å². The van der Waals surface area contributed by atoms with Crippen LogP contribution in [-0.4, -0.2) is 19.4 Å². The van der Waals surface area contributed by atoms with Crippen LogP contribution in [0.5, 0.6) is 5.75 Å². The van der Waals surface area contributed by atoms with Gasteiger partial charge < -0.3 is 4.74 Å². The molecule has 0 saturated carbocycles. The lowest BCUT2D eigenvalue weighted by Crippen LogP contribution is -2.14. The van der Waals surface area contributed by atoms with Crippen molar-refractivity contribution < 1.29 is 9.13 Å². The summed E-state index contributed by atoms with van der Waals surface area (Å²) < 4.78 is 18.4. The predicted octanol–water partition coefficient (Wildman–Crippen LogP) is 3.05. The first-order valence-corrected chi connectivity index (χ1v) is 5.58. The van der Waals surface area contributed by atoms with Crippen LogP contribution in [0.2, 0.25) is 0 Å². The summed E-state index contributed by atoms with van der Waals surface area (Å²) in [6.45, 7) is 3.04. The molecule has 0 aliphatic carbocycles. The van der Waals surface area contributed by atoms with Crippen LogP contribution in [0.1, 0.15) is 25.3 Å². The molecule has 0 saturated heterocycles. The Morgan fingerprint density at radius 1 is 1.44 bits per heavy atom. The van der Waals surface area contributed by atoms with Crippen LogP contribution in [0, 0.1) is 11.7 Å². The molecule has 16 heavy (non-hydrogen) atoms. The lowest BCUT2D eigenvalue weighted by atomic mass is 9.96. The second-order valence-electron chi connectivity index (χ2n) is 4.28. The predicted molar refractivity (Wildman–Crippen MR) is 62.8 cm³/mol. The fourth-order valence-corrected chi connectivity index (χ4v) is 1.90. The van der Waals surface area contributed by atoms with Crippen molar-refractivity contribution in [1.82, 2.24) is 0 Å². The number of rotatable bonds is 2. The third kappa shape index (κ3) is 2.23. The number of ether oxygens (including phenoxy) is 1. The van der Waals surface area contributed by atoms with Gasteiger partial charge in [0.2, 0.25) is 0 Å². The topological polar surface area (TPSA) is 21.6 Å². The molecule has 0 bridgehead atoms. The summed E-state index contributed by atoms with van der Waals surface area (Å²) in [6, 6.07) is 5.04. The molecule has 1 aliphatic heterocycles. The Balaban J connectivity index is 2.25. The van der Waals surface area contributed by atoms with Crippen LogP contribution >= 0.6 is 0 Å². The Kier molecular flexibility index (Phi) is 3.22. The lowest BCUT2D eigenvalue weighted by Gasteiger charge is -2.17. The van der Waals surface area contributed by atoms with E-state index in [2.05, 4.69) is 11.9 Å². The van der Waals surface area contributed by atoms with Crippen molar-refractivity contribution in [2.75, 3.05) is 13.7 Å². The zero-order valence-corrected chi connectivity index (χ0v) is 9.66. The van der Waals surface area contributed by atoms with E-state index in [4.69, 9.17) is 4.74 Å². The smallest absolute Gasteiger partial charge is 0.165 e. The molecule has 3 heteroatoms. The third-order valence-corrected chi connectivity index (χ3v) is 2.95. The maximum Gasteiger partial charge on any atom is 0.165 e. The minimum Gasteiger partial charge on any atom is -0.494 e. The van der Waals surface area contributed by atoms with Gasteiger partial charge in [-0.3, -0.25) is 4.99 Å². The second kappa shape index (κ2) is 4.64. The molecule has 1 aromatic carbocycles. The minimum atomic E-state index is -0.318. The molecule has 1 unspecified atom stereocenters. The molecule has 1 aliphatic rings. The van der Waals surface area contributed by atoms with E-state index in [-0.39, 0.29) is 11.6 Å². The Hall–Kier alpha value is -1.38. The number of halogens is 1. The quantitative estimate of drug-likeness (QED) is 0.752. The van der Waals surface area contributed by atoms with Gasteiger partial charge in [0.25, 0.3) is 0 Å². The number of methoxy groups -OCH3 is 1. The second-order valence-corrected chi connectivity index (χ2v) is 4.28. The van der Waals surface area contributed by atoms with Crippen molar-refractivity contribution in [3.63, 3.8) is 0 Å². The summed E-state index contributed by atoms with van der Waals surface area (Å²) in [5.41, 5.74) is 1.89. The molecule has 1 atom stereocenters. The molecule has 0 fully saturated rings. The number of aliphatic imine (C=N–C) groups is 1. The van der Waals surface area contributed by atoms with Gasteiger partial charge in [-0.25, -0.2) is 4.39 Å². The van der Waals surface area contributed by atoms with Gasteiger partial charge in [0.05, 0.1) is 7.11 Å². The van der Waals surface area contributed by atoms with Gasteiger partial charge in [-0.05, 0) is 42.5 Å². The molecule has 1 heterocycles. The third-order valence-electron chi connectivity index (χ3n) is 2.95. The fraction of sp³-hybridized carbons (Fsp3) is 0.462. The van der Waals surface area contributed by atoms with Gasteiger partial charge in [-0.2, -0.15) is 0 Å². The first kappa shape index (κ1) is 11.1. The first-order chi connectivity index (χ1) is 7.70. The fourth-order valence-electron chi connectivity index (χ4n) is 1.90. The molecule has 1 aromatic rings. The molecule has 0 spiro atoms. The van der Waals surface area contributed by atoms with Gasteiger partial charge in [-0.1, -0.05) is 6.92 Å². The van der Waals surface area contributed by atoms with Crippen molar-refractivity contribution >= 4 is 5.71 Å². The van der Waals surface area contributed by atoms with Crippen LogP contribution < -0.4 is 4.74 Å². The molecule has 0 radical (unpaired) electrons. The van der Waals surface area contributed by atoms with Crippen LogP contribution in [0.4, 0.5) is 4.39 Å². The van der Waals surface area contributed by atoms with Crippen molar-refractivity contribution in [2.45, 2.75) is 19.8 Å². The molecule has 2 nitrogen and oxygen atoms in total. The Bertz CT molecular complexity index is 414. The standard InChI is InChI=1S/C13H16FNO/c1-9-3-5-12(15-8-9)10-4-6-13(16-2)11(14)7-10/h4,6-7,9H,3,5,8H2,1-2H3. The number of nitrogens with zero attached hydrogens (tertiary/aromatic N) is 1. The summed E-state index contributed by atoms with van der Waals surface area (Å²) in [6.07, 6.45) is 2.07. The molecular weight excluding hydrogens is 205 g/mol. The Morgan fingerprint density at radius 3 is 2.81 bits per heavy atom. The highest BCUT2D eigenvalue weighted by atomic mass is 19.1.